The molecule has 10 nitrogen and oxygen atoms in total. The van der Waals surface area contributed by atoms with Gasteiger partial charge in [-0.3, -0.25) is 24.5 Å². The standard InChI is InChI=1S/C14H15N5O5S3/c1-3-7-25-14-17-16-13(26-14)15-12(20)9-18(27(2,23)24)10-5-4-6-11(8-10)19(21)22/h3-6,8H,1,7,9H2,2H3,(H,15,16,20). The molecule has 0 aliphatic rings. The predicted molar refractivity (Wildman–Crippen MR) is 105 cm³/mol. The number of anilines is 2. The average molecular weight is 430 g/mol. The smallest absolute Gasteiger partial charge is 0.271 e. The molecule has 1 N–H and O–H groups in total. The first-order valence-electron chi connectivity index (χ1n) is 7.30. The molecule has 0 bridgehead atoms. The second-order valence-electron chi connectivity index (χ2n) is 5.07. The molecule has 0 saturated carbocycles. The maximum atomic E-state index is 12.2. The maximum absolute atomic E-state index is 12.2. The van der Waals surface area contributed by atoms with Crippen molar-refractivity contribution in [3.8, 4) is 0 Å². The Bertz CT molecular complexity index is 960. The SMILES string of the molecule is C=CCSc1nnc(NC(=O)CN(c2cccc([N+](=O)[O-])c2)S(C)(=O)=O)s1. The van der Waals surface area contributed by atoms with Crippen molar-refractivity contribution in [3.63, 3.8) is 0 Å². The third-order valence-electron chi connectivity index (χ3n) is 2.99. The monoisotopic (exact) mass is 429 g/mol. The number of carbonyl (C=O) groups excluding carboxylic acids is 1. The summed E-state index contributed by atoms with van der Waals surface area (Å²) in [5, 5.41) is 21.3. The predicted octanol–water partition coefficient (Wildman–Crippen LogP) is 2.13. The van der Waals surface area contributed by atoms with Gasteiger partial charge in [0.15, 0.2) is 4.34 Å². The van der Waals surface area contributed by atoms with Crippen molar-refractivity contribution in [1.82, 2.24) is 10.2 Å². The molecule has 144 valence electrons. The second kappa shape index (κ2) is 8.92. The lowest BCUT2D eigenvalue weighted by molar-refractivity contribution is -0.384. The highest BCUT2D eigenvalue weighted by atomic mass is 32.2. The van der Waals surface area contributed by atoms with Crippen LogP contribution in [0.1, 0.15) is 0 Å². The minimum atomic E-state index is -3.85. The highest BCUT2D eigenvalue weighted by Gasteiger charge is 2.23. The zero-order chi connectivity index (χ0) is 20.0. The molecule has 0 unspecified atom stereocenters. The van der Waals surface area contributed by atoms with E-state index in [0.29, 0.717) is 10.1 Å². The molecule has 13 heteroatoms. The van der Waals surface area contributed by atoms with Crippen LogP contribution in [0, 0.1) is 10.1 Å². The Kier molecular flexibility index (Phi) is 6.87. The largest absolute Gasteiger partial charge is 0.299 e. The fourth-order valence-electron chi connectivity index (χ4n) is 1.90. The number of non-ortho nitro benzene ring substituents is 1. The van der Waals surface area contributed by atoms with Gasteiger partial charge in [0.25, 0.3) is 5.69 Å². The van der Waals surface area contributed by atoms with Gasteiger partial charge in [-0.05, 0) is 6.07 Å². The summed E-state index contributed by atoms with van der Waals surface area (Å²) in [5.41, 5.74) is -0.268. The van der Waals surface area contributed by atoms with Crippen molar-refractivity contribution in [3.05, 3.63) is 47.0 Å². The number of nitrogens with one attached hydrogen (secondary N) is 1. The highest BCUT2D eigenvalue weighted by Crippen LogP contribution is 2.26. The van der Waals surface area contributed by atoms with Gasteiger partial charge < -0.3 is 0 Å². The topological polar surface area (TPSA) is 135 Å². The van der Waals surface area contributed by atoms with E-state index in [2.05, 4.69) is 22.1 Å². The number of amides is 1. The number of hydrogen-bond donors (Lipinski definition) is 1. The Morgan fingerprint density at radius 3 is 2.85 bits per heavy atom. The van der Waals surface area contributed by atoms with E-state index in [1.54, 1.807) is 6.08 Å². The van der Waals surface area contributed by atoms with Gasteiger partial charge in [-0.15, -0.1) is 16.8 Å². The summed E-state index contributed by atoms with van der Waals surface area (Å²) in [6, 6.07) is 5.03. The molecule has 2 aromatic rings. The number of carbonyl (C=O) groups is 1. The Balaban J connectivity index is 2.15. The van der Waals surface area contributed by atoms with E-state index in [-0.39, 0.29) is 16.5 Å². The van der Waals surface area contributed by atoms with Crippen LogP contribution in [0.3, 0.4) is 0 Å². The van der Waals surface area contributed by atoms with Crippen LogP contribution in [-0.2, 0) is 14.8 Å². The quantitative estimate of drug-likeness (QED) is 0.210. The molecule has 1 aromatic heterocycles. The van der Waals surface area contributed by atoms with Gasteiger partial charge in [-0.2, -0.15) is 0 Å². The Labute approximate surface area is 163 Å². The first kappa shape index (κ1) is 20.8. The van der Waals surface area contributed by atoms with Crippen molar-refractivity contribution < 1.29 is 18.1 Å². The van der Waals surface area contributed by atoms with Crippen molar-refractivity contribution in [1.29, 1.82) is 0 Å². The fourth-order valence-corrected chi connectivity index (χ4v) is 4.28. The summed E-state index contributed by atoms with van der Waals surface area (Å²) in [4.78, 5) is 22.5. The highest BCUT2D eigenvalue weighted by molar-refractivity contribution is 8.01. The summed E-state index contributed by atoms with van der Waals surface area (Å²) < 4.78 is 25.5. The van der Waals surface area contributed by atoms with Crippen molar-refractivity contribution in [2.45, 2.75) is 4.34 Å². The molecule has 0 spiro atoms. The van der Waals surface area contributed by atoms with E-state index in [4.69, 9.17) is 0 Å². The van der Waals surface area contributed by atoms with Crippen LogP contribution < -0.4 is 9.62 Å². The van der Waals surface area contributed by atoms with E-state index < -0.39 is 27.4 Å². The molecule has 2 rings (SSSR count). The zero-order valence-corrected chi connectivity index (χ0v) is 16.5. The molecule has 1 amide bonds. The maximum Gasteiger partial charge on any atom is 0.271 e. The van der Waals surface area contributed by atoms with Crippen LogP contribution in [0.25, 0.3) is 0 Å². The molecule has 0 fully saturated rings. The number of hydrogen-bond acceptors (Lipinski definition) is 9. The van der Waals surface area contributed by atoms with Crippen LogP contribution in [0.4, 0.5) is 16.5 Å². The second-order valence-corrected chi connectivity index (χ2v) is 9.22. The van der Waals surface area contributed by atoms with Gasteiger partial charge in [0.2, 0.25) is 21.1 Å². The Hall–Kier alpha value is -2.51. The number of nitrogens with zero attached hydrogens (tertiary/aromatic N) is 4. The lowest BCUT2D eigenvalue weighted by Gasteiger charge is -2.21. The van der Waals surface area contributed by atoms with Gasteiger partial charge in [0.05, 0.1) is 16.9 Å². The average Bonchev–Trinajstić information content (AvgIpc) is 3.04. The van der Waals surface area contributed by atoms with Gasteiger partial charge in [-0.25, -0.2) is 8.42 Å². The number of thioether (sulfide) groups is 1. The summed E-state index contributed by atoms with van der Waals surface area (Å²) in [6.07, 6.45) is 2.61. The van der Waals surface area contributed by atoms with Gasteiger partial charge in [0.1, 0.15) is 6.54 Å². The normalized spacial score (nSPS) is 11.0. The van der Waals surface area contributed by atoms with Gasteiger partial charge in [-0.1, -0.05) is 35.2 Å². The van der Waals surface area contributed by atoms with Gasteiger partial charge in [0, 0.05) is 17.9 Å². The molecule has 27 heavy (non-hydrogen) atoms. The number of benzene rings is 1. The van der Waals surface area contributed by atoms with E-state index in [1.807, 2.05) is 0 Å². The number of sulfonamides is 1. The Morgan fingerprint density at radius 1 is 1.48 bits per heavy atom. The molecule has 0 saturated heterocycles. The minimum Gasteiger partial charge on any atom is -0.299 e. The summed E-state index contributed by atoms with van der Waals surface area (Å²) in [6.45, 7) is 3.03. The number of aromatic nitrogens is 2. The lowest BCUT2D eigenvalue weighted by atomic mass is 10.3. The first-order chi connectivity index (χ1) is 12.7. The van der Waals surface area contributed by atoms with Crippen LogP contribution in [-0.4, -0.2) is 48.0 Å². The minimum absolute atomic E-state index is 0.0151. The molecule has 0 aliphatic heterocycles. The number of rotatable bonds is 9. The lowest BCUT2D eigenvalue weighted by Crippen LogP contribution is -2.37. The fraction of sp³-hybridized carbons (Fsp3) is 0.214. The van der Waals surface area contributed by atoms with E-state index in [9.17, 15) is 23.3 Å². The van der Waals surface area contributed by atoms with Crippen LogP contribution >= 0.6 is 23.1 Å². The van der Waals surface area contributed by atoms with E-state index >= 15 is 0 Å². The van der Waals surface area contributed by atoms with Crippen LogP contribution in [0.2, 0.25) is 0 Å². The molecule has 1 aromatic carbocycles. The van der Waals surface area contributed by atoms with Crippen LogP contribution in [0.15, 0.2) is 41.3 Å². The van der Waals surface area contributed by atoms with E-state index in [1.165, 1.54) is 30.0 Å². The molecule has 1 heterocycles. The zero-order valence-electron chi connectivity index (χ0n) is 14.1. The summed E-state index contributed by atoms with van der Waals surface area (Å²) in [7, 11) is -3.85. The molecule has 0 radical (unpaired) electrons. The van der Waals surface area contributed by atoms with Gasteiger partial charge >= 0.3 is 0 Å². The molecule has 0 aliphatic carbocycles. The summed E-state index contributed by atoms with van der Waals surface area (Å²) in [5.74, 6) is -0.0135. The van der Waals surface area contributed by atoms with Crippen molar-refractivity contribution in [2.75, 3.05) is 28.2 Å². The van der Waals surface area contributed by atoms with Crippen molar-refractivity contribution >= 4 is 55.5 Å². The number of nitro benzene ring substituents is 1. The van der Waals surface area contributed by atoms with Crippen LogP contribution in [0.5, 0.6) is 0 Å². The first-order valence-corrected chi connectivity index (χ1v) is 10.9. The third-order valence-corrected chi connectivity index (χ3v) is 6.10. The summed E-state index contributed by atoms with van der Waals surface area (Å²) >= 11 is 2.53. The third kappa shape index (κ3) is 6.01. The molecule has 0 atom stereocenters. The van der Waals surface area contributed by atoms with E-state index in [0.717, 1.165) is 28.0 Å². The van der Waals surface area contributed by atoms with Crippen molar-refractivity contribution in [2.24, 2.45) is 0 Å². The molecular weight excluding hydrogens is 414 g/mol. The Morgan fingerprint density at radius 2 is 2.22 bits per heavy atom. The molecular formula is C14H15N5O5S3. The number of nitro groups is 1.